The van der Waals surface area contributed by atoms with Crippen molar-refractivity contribution < 1.29 is 9.63 Å². The van der Waals surface area contributed by atoms with Crippen molar-refractivity contribution in [2.45, 2.75) is 13.3 Å². The van der Waals surface area contributed by atoms with Crippen LogP contribution in [0.25, 0.3) is 11.5 Å². The van der Waals surface area contributed by atoms with E-state index in [0.29, 0.717) is 30.5 Å². The zero-order valence-corrected chi connectivity index (χ0v) is 13.4. The molecule has 0 bridgehead atoms. The molecule has 0 saturated carbocycles. The van der Waals surface area contributed by atoms with E-state index in [1.807, 2.05) is 30.3 Å². The monoisotopic (exact) mass is 325 g/mol. The van der Waals surface area contributed by atoms with Gasteiger partial charge in [0.05, 0.1) is 0 Å². The average molecular weight is 325 g/mol. The largest absolute Gasteiger partial charge is 0.396 e. The third-order valence-corrected chi connectivity index (χ3v) is 3.59. The van der Waals surface area contributed by atoms with Crippen molar-refractivity contribution in [3.8, 4) is 11.5 Å². The number of aliphatic hydroxyl groups is 1. The van der Waals surface area contributed by atoms with Gasteiger partial charge in [0.25, 0.3) is 5.89 Å². The smallest absolute Gasteiger partial charge is 0.258 e. The highest BCUT2D eigenvalue weighted by Gasteiger charge is 2.11. The van der Waals surface area contributed by atoms with Gasteiger partial charge >= 0.3 is 0 Å². The van der Waals surface area contributed by atoms with Gasteiger partial charge in [0, 0.05) is 42.7 Å². The lowest BCUT2D eigenvalue weighted by Gasteiger charge is -2.15. The summed E-state index contributed by atoms with van der Waals surface area (Å²) in [5, 5.41) is 16.6. The van der Waals surface area contributed by atoms with Crippen LogP contribution in [-0.4, -0.2) is 38.4 Å². The first-order valence-corrected chi connectivity index (χ1v) is 7.76. The van der Waals surface area contributed by atoms with Crippen LogP contribution in [-0.2, 0) is 6.42 Å². The Labute approximate surface area is 139 Å². The molecule has 3 rings (SSSR count). The summed E-state index contributed by atoms with van der Waals surface area (Å²) in [6.45, 7) is 2.44. The van der Waals surface area contributed by atoms with Crippen molar-refractivity contribution in [3.63, 3.8) is 0 Å². The first-order chi connectivity index (χ1) is 11.7. The Morgan fingerprint density at radius 1 is 1.21 bits per heavy atom. The predicted molar refractivity (Wildman–Crippen MR) is 89.3 cm³/mol. The molecule has 0 aliphatic heterocycles. The molecule has 3 aromatic heterocycles. The van der Waals surface area contributed by atoms with Crippen LogP contribution in [0.2, 0.25) is 0 Å². The maximum Gasteiger partial charge on any atom is 0.258 e. The maximum absolute atomic E-state index is 9.58. The Morgan fingerprint density at radius 3 is 2.83 bits per heavy atom. The highest BCUT2D eigenvalue weighted by molar-refractivity contribution is 5.57. The van der Waals surface area contributed by atoms with E-state index in [9.17, 15) is 5.11 Å². The molecular formula is C17H19N5O2. The molecular weight excluding hydrogens is 306 g/mol. The molecule has 1 atom stereocenters. The van der Waals surface area contributed by atoms with Gasteiger partial charge in [0.2, 0.25) is 0 Å². The molecule has 0 aromatic carbocycles. The molecule has 124 valence electrons. The minimum atomic E-state index is 0.0519. The number of hydrogen-bond donors (Lipinski definition) is 2. The third kappa shape index (κ3) is 4.14. The molecule has 0 fully saturated rings. The summed E-state index contributed by atoms with van der Waals surface area (Å²) in [6, 6.07) is 9.45. The van der Waals surface area contributed by atoms with Crippen molar-refractivity contribution in [3.05, 3.63) is 54.2 Å². The van der Waals surface area contributed by atoms with Gasteiger partial charge in [-0.05, 0) is 37.6 Å². The fourth-order valence-corrected chi connectivity index (χ4v) is 2.34. The lowest BCUT2D eigenvalue weighted by atomic mass is 10.0. The van der Waals surface area contributed by atoms with Gasteiger partial charge in [0.15, 0.2) is 5.82 Å². The van der Waals surface area contributed by atoms with E-state index in [0.717, 1.165) is 11.3 Å². The van der Waals surface area contributed by atoms with Gasteiger partial charge in [-0.1, -0.05) is 11.2 Å². The third-order valence-electron chi connectivity index (χ3n) is 3.59. The topological polar surface area (TPSA) is 97.0 Å². The van der Waals surface area contributed by atoms with Gasteiger partial charge in [-0.15, -0.1) is 0 Å². The summed E-state index contributed by atoms with van der Waals surface area (Å²) >= 11 is 0. The number of nitrogens with zero attached hydrogens (tertiary/aromatic N) is 4. The van der Waals surface area contributed by atoms with Gasteiger partial charge in [-0.2, -0.15) is 4.98 Å². The summed E-state index contributed by atoms with van der Waals surface area (Å²) in [5.41, 5.74) is 1.76. The Hall–Kier alpha value is -2.80. The number of aromatic nitrogens is 4. The van der Waals surface area contributed by atoms with Gasteiger partial charge in [0.1, 0.15) is 5.82 Å². The molecule has 3 aromatic rings. The molecule has 3 heterocycles. The molecule has 0 spiro atoms. The first-order valence-electron chi connectivity index (χ1n) is 7.76. The lowest BCUT2D eigenvalue weighted by Crippen LogP contribution is -2.21. The normalized spacial score (nSPS) is 12.1. The van der Waals surface area contributed by atoms with E-state index in [1.54, 1.807) is 19.3 Å². The molecule has 2 N–H and O–H groups in total. The SMILES string of the molecule is Cc1noc(-c2ccnc(NCC(CO)Cc3ccccn3)c2)n1. The number of aliphatic hydroxyl groups excluding tert-OH is 1. The Kier molecular flexibility index (Phi) is 5.12. The maximum atomic E-state index is 9.58. The molecule has 0 radical (unpaired) electrons. The number of anilines is 1. The second kappa shape index (κ2) is 7.65. The lowest BCUT2D eigenvalue weighted by molar-refractivity contribution is 0.232. The van der Waals surface area contributed by atoms with E-state index in [2.05, 4.69) is 25.4 Å². The van der Waals surface area contributed by atoms with Crippen LogP contribution in [0.5, 0.6) is 0 Å². The molecule has 7 nitrogen and oxygen atoms in total. The first kappa shape index (κ1) is 16.1. The van der Waals surface area contributed by atoms with Crippen molar-refractivity contribution in [1.29, 1.82) is 0 Å². The van der Waals surface area contributed by atoms with Crippen molar-refractivity contribution >= 4 is 5.82 Å². The number of rotatable bonds is 7. The highest BCUT2D eigenvalue weighted by atomic mass is 16.5. The van der Waals surface area contributed by atoms with Crippen LogP contribution < -0.4 is 5.32 Å². The molecule has 24 heavy (non-hydrogen) atoms. The van der Waals surface area contributed by atoms with Crippen LogP contribution in [0, 0.1) is 12.8 Å². The van der Waals surface area contributed by atoms with Crippen LogP contribution in [0.4, 0.5) is 5.82 Å². The Bertz CT molecular complexity index is 775. The summed E-state index contributed by atoms with van der Waals surface area (Å²) in [6.07, 6.45) is 4.14. The summed E-state index contributed by atoms with van der Waals surface area (Å²) in [5.74, 6) is 1.80. The molecule has 1 unspecified atom stereocenters. The van der Waals surface area contributed by atoms with Crippen LogP contribution in [0.1, 0.15) is 11.5 Å². The quantitative estimate of drug-likeness (QED) is 0.686. The van der Waals surface area contributed by atoms with E-state index >= 15 is 0 Å². The van der Waals surface area contributed by atoms with Crippen LogP contribution in [0.15, 0.2) is 47.2 Å². The molecule has 0 aliphatic carbocycles. The number of aryl methyl sites for hydroxylation is 1. The fraction of sp³-hybridized carbons (Fsp3) is 0.294. The molecule has 0 aliphatic rings. The van der Waals surface area contributed by atoms with E-state index in [1.165, 1.54) is 0 Å². The zero-order chi connectivity index (χ0) is 16.8. The minimum Gasteiger partial charge on any atom is -0.396 e. The van der Waals surface area contributed by atoms with E-state index in [-0.39, 0.29) is 12.5 Å². The van der Waals surface area contributed by atoms with Crippen molar-refractivity contribution in [1.82, 2.24) is 20.1 Å². The van der Waals surface area contributed by atoms with Crippen molar-refractivity contribution in [2.75, 3.05) is 18.5 Å². The molecule has 0 amide bonds. The molecule has 7 heteroatoms. The number of hydrogen-bond acceptors (Lipinski definition) is 7. The average Bonchev–Trinajstić information content (AvgIpc) is 3.06. The summed E-state index contributed by atoms with van der Waals surface area (Å²) in [7, 11) is 0. The number of pyridine rings is 2. The van der Waals surface area contributed by atoms with Crippen LogP contribution in [0.3, 0.4) is 0 Å². The minimum absolute atomic E-state index is 0.0519. The summed E-state index contributed by atoms with van der Waals surface area (Å²) in [4.78, 5) is 12.8. The second-order valence-electron chi connectivity index (χ2n) is 5.53. The van der Waals surface area contributed by atoms with Crippen molar-refractivity contribution in [2.24, 2.45) is 5.92 Å². The Balaban J connectivity index is 1.63. The van der Waals surface area contributed by atoms with E-state index < -0.39 is 0 Å². The standard InChI is InChI=1S/C17H19N5O2/c1-12-21-17(24-22-12)14-5-7-19-16(9-14)20-10-13(11-23)8-15-4-2-3-6-18-15/h2-7,9,13,23H,8,10-11H2,1H3,(H,19,20). The van der Waals surface area contributed by atoms with E-state index in [4.69, 9.17) is 4.52 Å². The van der Waals surface area contributed by atoms with Gasteiger partial charge in [-0.25, -0.2) is 4.98 Å². The predicted octanol–water partition coefficient (Wildman–Crippen LogP) is 2.10. The zero-order valence-electron chi connectivity index (χ0n) is 13.4. The highest BCUT2D eigenvalue weighted by Crippen LogP contribution is 2.19. The summed E-state index contributed by atoms with van der Waals surface area (Å²) < 4.78 is 5.17. The van der Waals surface area contributed by atoms with Gasteiger partial charge < -0.3 is 14.9 Å². The molecule has 0 saturated heterocycles. The fourth-order valence-electron chi connectivity index (χ4n) is 2.34. The van der Waals surface area contributed by atoms with Gasteiger partial charge in [-0.3, -0.25) is 4.98 Å². The second-order valence-corrected chi connectivity index (χ2v) is 5.53. The van der Waals surface area contributed by atoms with Crippen LogP contribution >= 0.6 is 0 Å². The Morgan fingerprint density at radius 2 is 2.12 bits per heavy atom. The number of nitrogens with one attached hydrogen (secondary N) is 1.